The first kappa shape index (κ1) is 12.6. The summed E-state index contributed by atoms with van der Waals surface area (Å²) >= 11 is 1.94. The molecule has 0 aromatic heterocycles. The van der Waals surface area contributed by atoms with Gasteiger partial charge in [0.1, 0.15) is 0 Å². The molecule has 1 aromatic rings. The highest BCUT2D eigenvalue weighted by Gasteiger charge is 2.14. The zero-order valence-electron chi connectivity index (χ0n) is 9.64. The smallest absolute Gasteiger partial charge is 0.229 e. The van der Waals surface area contributed by atoms with Crippen molar-refractivity contribution in [3.05, 3.63) is 24.3 Å². The average Bonchev–Trinajstić information content (AvgIpc) is 2.68. The van der Waals surface area contributed by atoms with Crippen molar-refractivity contribution >= 4 is 33.2 Å². The highest BCUT2D eigenvalue weighted by atomic mass is 32.2. The number of hydrogen-bond donors (Lipinski definition) is 2. The van der Waals surface area contributed by atoms with E-state index in [4.69, 9.17) is 0 Å². The Kier molecular flexibility index (Phi) is 3.83. The zero-order chi connectivity index (χ0) is 12.3. The van der Waals surface area contributed by atoms with Gasteiger partial charge in [-0.2, -0.15) is 11.8 Å². The predicted molar refractivity (Wildman–Crippen MR) is 74.3 cm³/mol. The maximum absolute atomic E-state index is 11.1. The molecule has 1 saturated heterocycles. The van der Waals surface area contributed by atoms with Crippen molar-refractivity contribution in [1.82, 2.24) is 0 Å². The summed E-state index contributed by atoms with van der Waals surface area (Å²) in [6.07, 6.45) is 2.31. The fourth-order valence-corrected chi connectivity index (χ4v) is 3.48. The molecular weight excluding hydrogens is 256 g/mol. The molecule has 0 radical (unpaired) electrons. The van der Waals surface area contributed by atoms with E-state index in [2.05, 4.69) is 10.0 Å². The Morgan fingerprint density at radius 1 is 1.35 bits per heavy atom. The van der Waals surface area contributed by atoms with E-state index in [9.17, 15) is 8.42 Å². The van der Waals surface area contributed by atoms with E-state index in [0.717, 1.165) is 24.1 Å². The summed E-state index contributed by atoms with van der Waals surface area (Å²) in [5, 5.41) is 3.41. The zero-order valence-corrected chi connectivity index (χ0v) is 11.3. The highest BCUT2D eigenvalue weighted by Crippen LogP contribution is 2.23. The molecule has 1 aliphatic heterocycles. The molecule has 1 aromatic carbocycles. The molecule has 17 heavy (non-hydrogen) atoms. The standard InChI is InChI=1S/C11H16N2O2S2/c1-17(14,15)13-10-4-2-3-9(7-10)12-11-5-6-16-8-11/h2-4,7,11-13H,5-6,8H2,1H3. The van der Waals surface area contributed by atoms with Gasteiger partial charge in [-0.3, -0.25) is 4.72 Å². The van der Waals surface area contributed by atoms with Gasteiger partial charge in [0.2, 0.25) is 10.0 Å². The van der Waals surface area contributed by atoms with Crippen molar-refractivity contribution in [2.45, 2.75) is 12.5 Å². The van der Waals surface area contributed by atoms with Crippen molar-refractivity contribution in [1.29, 1.82) is 0 Å². The normalized spacial score (nSPS) is 20.2. The SMILES string of the molecule is CS(=O)(=O)Nc1cccc(NC2CCSC2)c1. The molecule has 94 valence electrons. The summed E-state index contributed by atoms with van der Waals surface area (Å²) in [5.74, 6) is 2.31. The van der Waals surface area contributed by atoms with Gasteiger partial charge in [0.05, 0.1) is 11.9 Å². The minimum atomic E-state index is -3.20. The van der Waals surface area contributed by atoms with Crippen molar-refractivity contribution in [2.75, 3.05) is 27.8 Å². The molecule has 0 saturated carbocycles. The van der Waals surface area contributed by atoms with Crippen molar-refractivity contribution < 1.29 is 8.42 Å². The third-order valence-corrected chi connectivity index (χ3v) is 4.24. The van der Waals surface area contributed by atoms with Gasteiger partial charge in [0.15, 0.2) is 0 Å². The van der Waals surface area contributed by atoms with Gasteiger partial charge in [-0.1, -0.05) is 6.07 Å². The number of hydrogen-bond acceptors (Lipinski definition) is 4. The highest BCUT2D eigenvalue weighted by molar-refractivity contribution is 7.99. The Bertz CT molecular complexity index is 482. The van der Waals surface area contributed by atoms with Crippen molar-refractivity contribution in [3.63, 3.8) is 0 Å². The van der Waals surface area contributed by atoms with Crippen LogP contribution in [0.5, 0.6) is 0 Å². The van der Waals surface area contributed by atoms with Crippen LogP contribution < -0.4 is 10.0 Å². The Morgan fingerprint density at radius 3 is 2.76 bits per heavy atom. The van der Waals surface area contributed by atoms with E-state index in [0.29, 0.717) is 11.7 Å². The molecule has 1 unspecified atom stereocenters. The summed E-state index contributed by atoms with van der Waals surface area (Å²) in [4.78, 5) is 0. The van der Waals surface area contributed by atoms with Crippen LogP contribution in [0.2, 0.25) is 0 Å². The molecule has 2 N–H and O–H groups in total. The molecule has 0 amide bonds. The Labute approximate surface area is 106 Å². The summed E-state index contributed by atoms with van der Waals surface area (Å²) in [7, 11) is -3.20. The molecule has 0 bridgehead atoms. The van der Waals surface area contributed by atoms with Crippen LogP contribution in [0, 0.1) is 0 Å². The van der Waals surface area contributed by atoms with E-state index in [1.807, 2.05) is 30.0 Å². The third kappa shape index (κ3) is 4.12. The molecule has 4 nitrogen and oxygen atoms in total. The topological polar surface area (TPSA) is 58.2 Å². The second-order valence-corrected chi connectivity index (χ2v) is 7.06. The van der Waals surface area contributed by atoms with Crippen LogP contribution in [0.4, 0.5) is 11.4 Å². The number of benzene rings is 1. The van der Waals surface area contributed by atoms with Crippen LogP contribution >= 0.6 is 11.8 Å². The lowest BCUT2D eigenvalue weighted by Crippen LogP contribution is -2.18. The molecule has 1 aliphatic rings. The summed E-state index contributed by atoms with van der Waals surface area (Å²) in [6.45, 7) is 0. The molecule has 1 fully saturated rings. The van der Waals surface area contributed by atoms with Crippen molar-refractivity contribution in [2.24, 2.45) is 0 Å². The second-order valence-electron chi connectivity index (χ2n) is 4.16. The van der Waals surface area contributed by atoms with Gasteiger partial charge in [-0.05, 0) is 30.4 Å². The van der Waals surface area contributed by atoms with E-state index >= 15 is 0 Å². The van der Waals surface area contributed by atoms with Crippen LogP contribution in [0.1, 0.15) is 6.42 Å². The number of rotatable bonds is 4. The van der Waals surface area contributed by atoms with Gasteiger partial charge in [0, 0.05) is 17.5 Å². The first-order valence-electron chi connectivity index (χ1n) is 5.45. The Morgan fingerprint density at radius 2 is 2.12 bits per heavy atom. The largest absolute Gasteiger partial charge is 0.381 e. The summed E-state index contributed by atoms with van der Waals surface area (Å²) in [6, 6.07) is 7.86. The third-order valence-electron chi connectivity index (χ3n) is 2.47. The van der Waals surface area contributed by atoms with Crippen LogP contribution in [-0.4, -0.2) is 32.2 Å². The predicted octanol–water partition coefficient (Wildman–Crippen LogP) is 1.98. The molecule has 0 aliphatic carbocycles. The average molecular weight is 272 g/mol. The van der Waals surface area contributed by atoms with E-state index in [-0.39, 0.29) is 0 Å². The lowest BCUT2D eigenvalue weighted by Gasteiger charge is -2.14. The molecule has 1 atom stereocenters. The maximum Gasteiger partial charge on any atom is 0.229 e. The number of thioether (sulfide) groups is 1. The minimum Gasteiger partial charge on any atom is -0.381 e. The lowest BCUT2D eigenvalue weighted by atomic mass is 10.2. The van der Waals surface area contributed by atoms with Gasteiger partial charge >= 0.3 is 0 Å². The molecule has 2 rings (SSSR count). The summed E-state index contributed by atoms with van der Waals surface area (Å²) < 4.78 is 24.7. The van der Waals surface area contributed by atoms with Crippen LogP contribution in [-0.2, 0) is 10.0 Å². The Hall–Kier alpha value is -0.880. The van der Waals surface area contributed by atoms with E-state index < -0.39 is 10.0 Å². The fourth-order valence-electron chi connectivity index (χ4n) is 1.77. The van der Waals surface area contributed by atoms with E-state index in [1.165, 1.54) is 5.75 Å². The first-order valence-corrected chi connectivity index (χ1v) is 8.50. The van der Waals surface area contributed by atoms with Crippen LogP contribution in [0.25, 0.3) is 0 Å². The molecule has 6 heteroatoms. The Balaban J connectivity index is 2.05. The number of sulfonamides is 1. The second kappa shape index (κ2) is 5.18. The number of nitrogens with one attached hydrogen (secondary N) is 2. The molecule has 1 heterocycles. The quantitative estimate of drug-likeness (QED) is 0.880. The van der Waals surface area contributed by atoms with Gasteiger partial charge in [-0.25, -0.2) is 8.42 Å². The fraction of sp³-hybridized carbons (Fsp3) is 0.455. The van der Waals surface area contributed by atoms with E-state index in [1.54, 1.807) is 6.07 Å². The number of anilines is 2. The molecule has 0 spiro atoms. The van der Waals surface area contributed by atoms with Crippen molar-refractivity contribution in [3.8, 4) is 0 Å². The summed E-state index contributed by atoms with van der Waals surface area (Å²) in [5.41, 5.74) is 1.56. The van der Waals surface area contributed by atoms with Crippen LogP contribution in [0.3, 0.4) is 0 Å². The van der Waals surface area contributed by atoms with Gasteiger partial charge < -0.3 is 5.32 Å². The molecular formula is C11H16N2O2S2. The monoisotopic (exact) mass is 272 g/mol. The van der Waals surface area contributed by atoms with Gasteiger partial charge in [0.25, 0.3) is 0 Å². The van der Waals surface area contributed by atoms with Gasteiger partial charge in [-0.15, -0.1) is 0 Å². The maximum atomic E-state index is 11.1. The lowest BCUT2D eigenvalue weighted by molar-refractivity contribution is 0.607. The minimum absolute atomic E-state index is 0.494. The first-order chi connectivity index (χ1) is 8.03. The van der Waals surface area contributed by atoms with Crippen LogP contribution in [0.15, 0.2) is 24.3 Å².